The fourth-order valence-corrected chi connectivity index (χ4v) is 1.61. The Bertz CT molecular complexity index is 596. The van der Waals surface area contributed by atoms with E-state index in [4.69, 9.17) is 4.74 Å². The van der Waals surface area contributed by atoms with Gasteiger partial charge in [0.05, 0.1) is 24.9 Å². The number of halogens is 2. The summed E-state index contributed by atoms with van der Waals surface area (Å²) < 4.78 is 32.7. The first-order chi connectivity index (χ1) is 9.11. The molecule has 0 saturated carbocycles. The van der Waals surface area contributed by atoms with Crippen LogP contribution in [-0.4, -0.2) is 22.4 Å². The number of hydrogen-bond donors (Lipinski definition) is 0. The molecule has 2 rings (SSSR count). The lowest BCUT2D eigenvalue weighted by molar-refractivity contribution is 0.0526. The molecule has 0 spiro atoms. The average molecular weight is 266 g/mol. The van der Waals surface area contributed by atoms with Crippen LogP contribution >= 0.6 is 0 Å². The van der Waals surface area contributed by atoms with Gasteiger partial charge in [0.25, 0.3) is 0 Å². The quantitative estimate of drug-likeness (QED) is 0.798. The van der Waals surface area contributed by atoms with Crippen LogP contribution in [0.2, 0.25) is 0 Å². The molecule has 0 atom stereocenters. The SMILES string of the molecule is CCOC(=O)c1cnn(Cc2cccc(F)c2F)c1. The fourth-order valence-electron chi connectivity index (χ4n) is 1.61. The zero-order valence-electron chi connectivity index (χ0n) is 10.3. The van der Waals surface area contributed by atoms with E-state index in [0.29, 0.717) is 0 Å². The molecule has 0 bridgehead atoms. The van der Waals surface area contributed by atoms with Crippen molar-refractivity contribution in [3.05, 3.63) is 53.4 Å². The van der Waals surface area contributed by atoms with Crippen molar-refractivity contribution in [2.24, 2.45) is 0 Å². The normalized spacial score (nSPS) is 10.5. The lowest BCUT2D eigenvalue weighted by Gasteiger charge is -2.03. The maximum absolute atomic E-state index is 13.5. The number of hydrogen-bond acceptors (Lipinski definition) is 3. The van der Waals surface area contributed by atoms with Gasteiger partial charge in [-0.25, -0.2) is 13.6 Å². The highest BCUT2D eigenvalue weighted by Gasteiger charge is 2.12. The summed E-state index contributed by atoms with van der Waals surface area (Å²) in [6.07, 6.45) is 2.76. The van der Waals surface area contributed by atoms with Gasteiger partial charge < -0.3 is 4.74 Å². The van der Waals surface area contributed by atoms with Crippen molar-refractivity contribution >= 4 is 5.97 Å². The first-order valence-corrected chi connectivity index (χ1v) is 5.74. The van der Waals surface area contributed by atoms with Gasteiger partial charge in [-0.1, -0.05) is 12.1 Å². The molecule has 4 nitrogen and oxygen atoms in total. The summed E-state index contributed by atoms with van der Waals surface area (Å²) in [6.45, 7) is 2.01. The topological polar surface area (TPSA) is 44.1 Å². The van der Waals surface area contributed by atoms with Gasteiger partial charge in [-0.2, -0.15) is 5.10 Å². The number of rotatable bonds is 4. The second kappa shape index (κ2) is 5.60. The van der Waals surface area contributed by atoms with Gasteiger partial charge in [0.1, 0.15) is 0 Å². The molecule has 0 aliphatic rings. The summed E-state index contributed by atoms with van der Waals surface area (Å²) in [7, 11) is 0. The highest BCUT2D eigenvalue weighted by Crippen LogP contribution is 2.13. The molecular formula is C13H12F2N2O2. The molecular weight excluding hydrogens is 254 g/mol. The Hall–Kier alpha value is -2.24. The van der Waals surface area contributed by atoms with Gasteiger partial charge >= 0.3 is 5.97 Å². The third-order valence-electron chi connectivity index (χ3n) is 2.51. The first-order valence-electron chi connectivity index (χ1n) is 5.74. The minimum absolute atomic E-state index is 0.0446. The predicted octanol–water partition coefficient (Wildman–Crippen LogP) is 2.39. The van der Waals surface area contributed by atoms with Gasteiger partial charge in [-0.05, 0) is 13.0 Å². The summed E-state index contributed by atoms with van der Waals surface area (Å²) in [5, 5.41) is 3.91. The standard InChI is InChI=1S/C13H12F2N2O2/c1-2-19-13(18)10-6-16-17(8-10)7-9-4-3-5-11(14)12(9)15/h3-6,8H,2,7H2,1H3. The number of ether oxygens (including phenoxy) is 1. The second-order valence-corrected chi connectivity index (χ2v) is 3.86. The molecule has 100 valence electrons. The Morgan fingerprint density at radius 2 is 2.21 bits per heavy atom. The number of carbonyl (C=O) groups excluding carboxylic acids is 1. The van der Waals surface area contributed by atoms with Crippen LogP contribution in [0.5, 0.6) is 0 Å². The van der Waals surface area contributed by atoms with E-state index in [9.17, 15) is 13.6 Å². The van der Waals surface area contributed by atoms with Crippen molar-refractivity contribution in [2.45, 2.75) is 13.5 Å². The van der Waals surface area contributed by atoms with Gasteiger partial charge in [0.15, 0.2) is 11.6 Å². The minimum Gasteiger partial charge on any atom is -0.462 e. The molecule has 0 unspecified atom stereocenters. The molecule has 2 aromatic rings. The number of aromatic nitrogens is 2. The molecule has 0 amide bonds. The fraction of sp³-hybridized carbons (Fsp3) is 0.231. The Kier molecular flexibility index (Phi) is 3.89. The highest BCUT2D eigenvalue weighted by molar-refractivity contribution is 5.88. The summed E-state index contributed by atoms with van der Waals surface area (Å²) in [4.78, 5) is 11.4. The van der Waals surface area contributed by atoms with E-state index in [1.54, 1.807) is 6.92 Å². The van der Waals surface area contributed by atoms with Crippen molar-refractivity contribution < 1.29 is 18.3 Å². The maximum atomic E-state index is 13.5. The number of benzene rings is 1. The van der Waals surface area contributed by atoms with Crippen LogP contribution in [0.3, 0.4) is 0 Å². The molecule has 1 heterocycles. The molecule has 0 aliphatic carbocycles. The molecule has 6 heteroatoms. The van der Waals surface area contributed by atoms with Crippen LogP contribution in [0, 0.1) is 11.6 Å². The minimum atomic E-state index is -0.907. The number of carbonyl (C=O) groups is 1. The smallest absolute Gasteiger partial charge is 0.341 e. The van der Waals surface area contributed by atoms with Crippen LogP contribution in [0.15, 0.2) is 30.6 Å². The van der Waals surface area contributed by atoms with Crippen molar-refractivity contribution in [3.63, 3.8) is 0 Å². The molecule has 19 heavy (non-hydrogen) atoms. The third-order valence-corrected chi connectivity index (χ3v) is 2.51. The van der Waals surface area contributed by atoms with Gasteiger partial charge in [0, 0.05) is 11.8 Å². The van der Waals surface area contributed by atoms with Crippen LogP contribution in [0.1, 0.15) is 22.8 Å². The van der Waals surface area contributed by atoms with E-state index >= 15 is 0 Å². The zero-order valence-corrected chi connectivity index (χ0v) is 10.3. The van der Waals surface area contributed by atoms with E-state index in [0.717, 1.165) is 6.07 Å². The average Bonchev–Trinajstić information content (AvgIpc) is 2.84. The molecule has 1 aromatic carbocycles. The molecule has 0 aliphatic heterocycles. The Morgan fingerprint density at radius 1 is 1.42 bits per heavy atom. The van der Waals surface area contributed by atoms with Crippen molar-refractivity contribution in [2.75, 3.05) is 6.61 Å². The van der Waals surface area contributed by atoms with Crippen molar-refractivity contribution in [1.29, 1.82) is 0 Å². The zero-order chi connectivity index (χ0) is 13.8. The molecule has 0 radical (unpaired) electrons. The number of esters is 1. The Labute approximate surface area is 108 Å². The summed E-state index contributed by atoms with van der Waals surface area (Å²) >= 11 is 0. The maximum Gasteiger partial charge on any atom is 0.341 e. The van der Waals surface area contributed by atoms with E-state index in [1.165, 1.54) is 29.2 Å². The van der Waals surface area contributed by atoms with Crippen LogP contribution in [0.25, 0.3) is 0 Å². The second-order valence-electron chi connectivity index (χ2n) is 3.86. The van der Waals surface area contributed by atoms with Crippen molar-refractivity contribution in [1.82, 2.24) is 9.78 Å². The van der Waals surface area contributed by atoms with Gasteiger partial charge in [-0.3, -0.25) is 4.68 Å². The monoisotopic (exact) mass is 266 g/mol. The summed E-state index contributed by atoms with van der Waals surface area (Å²) in [5.74, 6) is -2.31. The third kappa shape index (κ3) is 2.96. The molecule has 0 N–H and O–H groups in total. The molecule has 0 fully saturated rings. The van der Waals surface area contributed by atoms with Crippen LogP contribution in [-0.2, 0) is 11.3 Å². The van der Waals surface area contributed by atoms with Gasteiger partial charge in [-0.15, -0.1) is 0 Å². The summed E-state index contributed by atoms with van der Waals surface area (Å²) in [5.41, 5.74) is 0.442. The Balaban J connectivity index is 2.16. The van der Waals surface area contributed by atoms with E-state index in [-0.39, 0.29) is 24.3 Å². The number of nitrogens with zero attached hydrogens (tertiary/aromatic N) is 2. The van der Waals surface area contributed by atoms with Crippen LogP contribution < -0.4 is 0 Å². The van der Waals surface area contributed by atoms with E-state index in [1.807, 2.05) is 0 Å². The molecule has 1 aromatic heterocycles. The largest absolute Gasteiger partial charge is 0.462 e. The Morgan fingerprint density at radius 3 is 2.95 bits per heavy atom. The van der Waals surface area contributed by atoms with Gasteiger partial charge in [0.2, 0.25) is 0 Å². The lowest BCUT2D eigenvalue weighted by atomic mass is 10.2. The van der Waals surface area contributed by atoms with Crippen LogP contribution in [0.4, 0.5) is 8.78 Å². The predicted molar refractivity (Wildman–Crippen MR) is 63.6 cm³/mol. The van der Waals surface area contributed by atoms with E-state index < -0.39 is 17.6 Å². The van der Waals surface area contributed by atoms with E-state index in [2.05, 4.69) is 5.10 Å². The lowest BCUT2D eigenvalue weighted by Crippen LogP contribution is -2.05. The first kappa shape index (κ1) is 13.2. The van der Waals surface area contributed by atoms with Crippen molar-refractivity contribution in [3.8, 4) is 0 Å². The molecule has 0 saturated heterocycles. The summed E-state index contributed by atoms with van der Waals surface area (Å²) in [6, 6.07) is 3.93. The highest BCUT2D eigenvalue weighted by atomic mass is 19.2.